The Balaban J connectivity index is 1.57. The molecule has 0 aliphatic heterocycles. The molecule has 0 atom stereocenters. The van der Waals surface area contributed by atoms with Crippen molar-refractivity contribution < 1.29 is 14.0 Å². The van der Waals surface area contributed by atoms with Gasteiger partial charge in [0.1, 0.15) is 5.82 Å². The van der Waals surface area contributed by atoms with Crippen LogP contribution in [0.4, 0.5) is 15.2 Å². The molecule has 9 heteroatoms. The number of H-pyrrole nitrogens is 1. The van der Waals surface area contributed by atoms with Crippen LogP contribution in [0.3, 0.4) is 0 Å². The van der Waals surface area contributed by atoms with E-state index in [1.807, 2.05) is 13.0 Å². The molecule has 4 aromatic rings. The third-order valence-corrected chi connectivity index (χ3v) is 4.99. The molecule has 0 spiro atoms. The molecule has 2 amide bonds. The fourth-order valence-corrected chi connectivity index (χ4v) is 3.72. The van der Waals surface area contributed by atoms with Crippen LogP contribution in [0.5, 0.6) is 0 Å². The van der Waals surface area contributed by atoms with Gasteiger partial charge in [0.05, 0.1) is 23.0 Å². The van der Waals surface area contributed by atoms with Gasteiger partial charge >= 0.3 is 0 Å². The van der Waals surface area contributed by atoms with Gasteiger partial charge in [0.25, 0.3) is 5.91 Å². The SMILES string of the molecule is CC(=O)Nc1ccc(-c2csc(NC(=O)c3cc(C)cc4cn[nH]c34)n2)c(F)c1. The van der Waals surface area contributed by atoms with Crippen molar-refractivity contribution in [2.24, 2.45) is 0 Å². The monoisotopic (exact) mass is 409 g/mol. The molecule has 0 fully saturated rings. The Bertz CT molecular complexity index is 1250. The smallest absolute Gasteiger partial charge is 0.259 e. The number of benzene rings is 2. The molecule has 7 nitrogen and oxygen atoms in total. The van der Waals surface area contributed by atoms with Crippen molar-refractivity contribution in [3.8, 4) is 11.3 Å². The van der Waals surface area contributed by atoms with E-state index in [-0.39, 0.29) is 17.4 Å². The number of thiazole rings is 1. The Morgan fingerprint density at radius 2 is 2.00 bits per heavy atom. The number of carbonyl (C=O) groups excluding carboxylic acids is 2. The molecule has 2 heterocycles. The quantitative estimate of drug-likeness (QED) is 0.467. The van der Waals surface area contributed by atoms with Gasteiger partial charge in [-0.15, -0.1) is 11.3 Å². The lowest BCUT2D eigenvalue weighted by molar-refractivity contribution is -0.114. The zero-order valence-corrected chi connectivity index (χ0v) is 16.4. The molecular weight excluding hydrogens is 393 g/mol. The summed E-state index contributed by atoms with van der Waals surface area (Å²) in [5.74, 6) is -1.12. The Kier molecular flexibility index (Phi) is 4.81. The number of hydrogen-bond donors (Lipinski definition) is 3. The summed E-state index contributed by atoms with van der Waals surface area (Å²) in [6.07, 6.45) is 1.66. The molecule has 0 saturated heterocycles. The van der Waals surface area contributed by atoms with Gasteiger partial charge in [-0.05, 0) is 42.8 Å². The molecule has 0 aliphatic rings. The average molecular weight is 409 g/mol. The van der Waals surface area contributed by atoms with Crippen LogP contribution in [0.15, 0.2) is 41.9 Å². The number of halogens is 1. The molecule has 2 aromatic carbocycles. The van der Waals surface area contributed by atoms with E-state index in [0.717, 1.165) is 10.9 Å². The molecule has 0 unspecified atom stereocenters. The van der Waals surface area contributed by atoms with Crippen LogP contribution < -0.4 is 10.6 Å². The number of nitrogens with one attached hydrogen (secondary N) is 3. The van der Waals surface area contributed by atoms with Crippen molar-refractivity contribution in [2.75, 3.05) is 10.6 Å². The average Bonchev–Trinajstić information content (AvgIpc) is 3.29. The zero-order valence-electron chi connectivity index (χ0n) is 15.5. The molecule has 4 rings (SSSR count). The molecular formula is C20H16FN5O2S. The summed E-state index contributed by atoms with van der Waals surface area (Å²) < 4.78 is 14.4. The highest BCUT2D eigenvalue weighted by molar-refractivity contribution is 7.14. The minimum Gasteiger partial charge on any atom is -0.326 e. The first-order chi connectivity index (χ1) is 13.9. The van der Waals surface area contributed by atoms with E-state index in [1.54, 1.807) is 23.7 Å². The first-order valence-electron chi connectivity index (χ1n) is 8.69. The Hall–Kier alpha value is -3.59. The number of amides is 2. The summed E-state index contributed by atoms with van der Waals surface area (Å²) in [6, 6.07) is 8.07. The molecule has 0 saturated carbocycles. The van der Waals surface area contributed by atoms with Crippen LogP contribution in [0.2, 0.25) is 0 Å². The van der Waals surface area contributed by atoms with Crippen molar-refractivity contribution in [1.82, 2.24) is 15.2 Å². The van der Waals surface area contributed by atoms with Crippen LogP contribution in [0, 0.1) is 12.7 Å². The number of aromatic nitrogens is 3. The Morgan fingerprint density at radius 1 is 1.17 bits per heavy atom. The number of hydrogen-bond acceptors (Lipinski definition) is 5. The summed E-state index contributed by atoms with van der Waals surface area (Å²) in [4.78, 5) is 28.2. The molecule has 3 N–H and O–H groups in total. The van der Waals surface area contributed by atoms with E-state index in [2.05, 4.69) is 25.8 Å². The van der Waals surface area contributed by atoms with Gasteiger partial charge in [-0.1, -0.05) is 0 Å². The van der Waals surface area contributed by atoms with Crippen LogP contribution in [-0.2, 0) is 4.79 Å². The van der Waals surface area contributed by atoms with Crippen molar-refractivity contribution >= 4 is 44.9 Å². The van der Waals surface area contributed by atoms with Crippen LogP contribution in [-0.4, -0.2) is 27.0 Å². The fraction of sp³-hybridized carbons (Fsp3) is 0.100. The maximum atomic E-state index is 14.4. The summed E-state index contributed by atoms with van der Waals surface area (Å²) in [7, 11) is 0. The summed E-state index contributed by atoms with van der Waals surface area (Å²) >= 11 is 1.20. The maximum Gasteiger partial charge on any atom is 0.259 e. The van der Waals surface area contributed by atoms with Gasteiger partial charge < -0.3 is 5.32 Å². The van der Waals surface area contributed by atoms with Gasteiger partial charge in [0.15, 0.2) is 5.13 Å². The first kappa shape index (κ1) is 18.8. The number of nitrogens with zero attached hydrogens (tertiary/aromatic N) is 2. The summed E-state index contributed by atoms with van der Waals surface area (Å²) in [5, 5.41) is 15.0. The van der Waals surface area contributed by atoms with Crippen LogP contribution in [0.25, 0.3) is 22.2 Å². The van der Waals surface area contributed by atoms with Crippen molar-refractivity contribution in [2.45, 2.75) is 13.8 Å². The lowest BCUT2D eigenvalue weighted by Gasteiger charge is -2.05. The molecule has 146 valence electrons. The van der Waals surface area contributed by atoms with Crippen LogP contribution in [0.1, 0.15) is 22.8 Å². The predicted octanol–water partition coefficient (Wildman–Crippen LogP) is 4.34. The number of aromatic amines is 1. The van der Waals surface area contributed by atoms with Gasteiger partial charge in [0.2, 0.25) is 5.91 Å². The fourth-order valence-electron chi connectivity index (χ4n) is 3.01. The third-order valence-electron chi connectivity index (χ3n) is 4.23. The third kappa shape index (κ3) is 3.85. The molecule has 0 radical (unpaired) electrons. The van der Waals surface area contributed by atoms with E-state index < -0.39 is 5.82 Å². The largest absolute Gasteiger partial charge is 0.326 e. The second kappa shape index (κ2) is 7.44. The Morgan fingerprint density at radius 3 is 2.76 bits per heavy atom. The highest BCUT2D eigenvalue weighted by Gasteiger charge is 2.16. The number of fused-ring (bicyclic) bond motifs is 1. The van der Waals surface area contributed by atoms with Crippen LogP contribution >= 0.6 is 11.3 Å². The maximum absolute atomic E-state index is 14.4. The minimum atomic E-state index is -0.516. The lowest BCUT2D eigenvalue weighted by Crippen LogP contribution is -2.12. The van der Waals surface area contributed by atoms with Gasteiger partial charge in [-0.3, -0.25) is 20.0 Å². The van der Waals surface area contributed by atoms with E-state index in [9.17, 15) is 14.0 Å². The molecule has 2 aromatic heterocycles. The number of aryl methyl sites for hydroxylation is 1. The highest BCUT2D eigenvalue weighted by atomic mass is 32.1. The summed E-state index contributed by atoms with van der Waals surface area (Å²) in [6.45, 7) is 3.25. The van der Waals surface area contributed by atoms with E-state index >= 15 is 0 Å². The summed E-state index contributed by atoms with van der Waals surface area (Å²) in [5.41, 5.74) is 3.08. The number of anilines is 2. The zero-order chi connectivity index (χ0) is 20.5. The van der Waals surface area contributed by atoms with Gasteiger partial charge in [-0.2, -0.15) is 5.10 Å². The standard InChI is InChI=1S/C20H16FN5O2S/c1-10-5-12-8-22-26-18(12)15(6-10)19(28)25-20-24-17(9-29-20)14-4-3-13(7-16(14)21)23-11(2)27/h3-9H,1-2H3,(H,22,26)(H,23,27)(H,24,25,28). The van der Waals surface area contributed by atoms with Crippen molar-refractivity contribution in [1.29, 1.82) is 0 Å². The second-order valence-electron chi connectivity index (χ2n) is 6.51. The second-order valence-corrected chi connectivity index (χ2v) is 7.37. The first-order valence-corrected chi connectivity index (χ1v) is 9.57. The van der Waals surface area contributed by atoms with Gasteiger partial charge in [0, 0.05) is 28.9 Å². The molecule has 29 heavy (non-hydrogen) atoms. The predicted molar refractivity (Wildman–Crippen MR) is 111 cm³/mol. The van der Waals surface area contributed by atoms with Crippen molar-refractivity contribution in [3.05, 3.63) is 58.9 Å². The number of rotatable bonds is 4. The minimum absolute atomic E-state index is 0.279. The van der Waals surface area contributed by atoms with E-state index in [0.29, 0.717) is 27.6 Å². The topological polar surface area (TPSA) is 99.8 Å². The van der Waals surface area contributed by atoms with E-state index in [1.165, 1.54) is 30.4 Å². The van der Waals surface area contributed by atoms with Gasteiger partial charge in [-0.25, -0.2) is 9.37 Å². The van der Waals surface area contributed by atoms with E-state index in [4.69, 9.17) is 0 Å². The normalized spacial score (nSPS) is 10.9. The lowest BCUT2D eigenvalue weighted by atomic mass is 10.1. The Labute approximate surface area is 169 Å². The molecule has 0 bridgehead atoms. The highest BCUT2D eigenvalue weighted by Crippen LogP contribution is 2.29. The number of carbonyl (C=O) groups is 2. The molecule has 0 aliphatic carbocycles. The van der Waals surface area contributed by atoms with Crippen molar-refractivity contribution in [3.63, 3.8) is 0 Å².